The standard InChI is InChI=1S/C17H23OSSi.Li/c1-17(2,3)20(4,5)18-16(15-11-12-19-13-15)14-9-7-6-8-10-14;/h6-10,12-13,16H,1-5H3;/q-1;+1. The first-order valence-corrected chi connectivity index (χ1v) is 10.8. The van der Waals surface area contributed by atoms with Gasteiger partial charge < -0.3 is 4.43 Å². The second-order valence-corrected chi connectivity index (χ2v) is 12.1. The fraction of sp³-hybridized carbons (Fsp3) is 0.412. The maximum absolute atomic E-state index is 6.65. The van der Waals surface area contributed by atoms with Gasteiger partial charge in [0, 0.05) is 0 Å². The van der Waals surface area contributed by atoms with Crippen LogP contribution in [0.25, 0.3) is 0 Å². The Labute approximate surface area is 146 Å². The molecule has 4 heteroatoms. The van der Waals surface area contributed by atoms with E-state index < -0.39 is 8.32 Å². The van der Waals surface area contributed by atoms with Crippen molar-refractivity contribution in [2.75, 3.05) is 0 Å². The van der Waals surface area contributed by atoms with Crippen LogP contribution in [-0.4, -0.2) is 8.32 Å². The summed E-state index contributed by atoms with van der Waals surface area (Å²) in [5.74, 6) is 0. The minimum Gasteiger partial charge on any atom is -0.409 e. The molecule has 1 aromatic heterocycles. The SMILES string of the molecule is CC(C)(C)[Si](C)(C)OC(c1[c-]csc1)c1ccccc1.[Li+]. The molecule has 0 amide bonds. The average Bonchev–Trinajstić information content (AvgIpc) is 2.89. The summed E-state index contributed by atoms with van der Waals surface area (Å²) in [7, 11) is -1.82. The summed E-state index contributed by atoms with van der Waals surface area (Å²) >= 11 is 1.68. The molecule has 1 unspecified atom stereocenters. The molecular weight excluding hydrogens is 287 g/mol. The maximum atomic E-state index is 6.65. The van der Waals surface area contributed by atoms with Gasteiger partial charge in [0.05, 0.1) is 6.10 Å². The molecule has 0 radical (unpaired) electrons. The Morgan fingerprint density at radius 2 is 1.76 bits per heavy atom. The van der Waals surface area contributed by atoms with Crippen LogP contribution in [0.15, 0.2) is 41.1 Å². The van der Waals surface area contributed by atoms with Crippen LogP contribution in [0, 0.1) is 6.07 Å². The molecule has 2 rings (SSSR count). The Hall–Kier alpha value is -0.306. The van der Waals surface area contributed by atoms with Gasteiger partial charge in [-0.05, 0) is 23.7 Å². The summed E-state index contributed by atoms with van der Waals surface area (Å²) in [5, 5.41) is 4.35. The first kappa shape index (κ1) is 18.7. The smallest absolute Gasteiger partial charge is 0.409 e. The van der Waals surface area contributed by atoms with E-state index >= 15 is 0 Å². The molecule has 0 aliphatic carbocycles. The van der Waals surface area contributed by atoms with E-state index in [0.717, 1.165) is 5.56 Å². The summed E-state index contributed by atoms with van der Waals surface area (Å²) in [4.78, 5) is 0. The maximum Gasteiger partial charge on any atom is 1.00 e. The van der Waals surface area contributed by atoms with Crippen molar-refractivity contribution >= 4 is 19.7 Å². The Morgan fingerprint density at radius 1 is 1.14 bits per heavy atom. The number of hydrogen-bond acceptors (Lipinski definition) is 2. The molecule has 0 saturated carbocycles. The minimum atomic E-state index is -1.82. The fourth-order valence-electron chi connectivity index (χ4n) is 1.79. The summed E-state index contributed by atoms with van der Waals surface area (Å²) in [6.45, 7) is 11.4. The summed E-state index contributed by atoms with van der Waals surface area (Å²) in [5.41, 5.74) is 2.36. The van der Waals surface area contributed by atoms with E-state index in [1.54, 1.807) is 11.3 Å². The van der Waals surface area contributed by atoms with Crippen molar-refractivity contribution in [3.8, 4) is 0 Å². The van der Waals surface area contributed by atoms with Crippen LogP contribution in [-0.2, 0) is 4.43 Å². The van der Waals surface area contributed by atoms with Crippen LogP contribution in [0.5, 0.6) is 0 Å². The minimum absolute atomic E-state index is 0. The van der Waals surface area contributed by atoms with E-state index in [-0.39, 0.29) is 30.0 Å². The third-order valence-corrected chi connectivity index (χ3v) is 9.17. The monoisotopic (exact) mass is 310 g/mol. The van der Waals surface area contributed by atoms with E-state index in [4.69, 9.17) is 4.43 Å². The van der Waals surface area contributed by atoms with Gasteiger partial charge in [0.25, 0.3) is 0 Å². The Bertz CT molecular complexity index is 532. The molecule has 0 aliphatic heterocycles. The van der Waals surface area contributed by atoms with Crippen molar-refractivity contribution in [3.63, 3.8) is 0 Å². The van der Waals surface area contributed by atoms with Crippen molar-refractivity contribution in [3.05, 3.63) is 58.3 Å². The largest absolute Gasteiger partial charge is 1.00 e. The van der Waals surface area contributed by atoms with Gasteiger partial charge in [0.15, 0.2) is 8.32 Å². The van der Waals surface area contributed by atoms with E-state index in [1.165, 1.54) is 5.56 Å². The molecule has 0 bridgehead atoms. The Morgan fingerprint density at radius 3 is 2.24 bits per heavy atom. The summed E-state index contributed by atoms with van der Waals surface area (Å²) < 4.78 is 6.65. The van der Waals surface area contributed by atoms with Crippen molar-refractivity contribution in [2.45, 2.75) is 45.0 Å². The van der Waals surface area contributed by atoms with Gasteiger partial charge >= 0.3 is 18.9 Å². The summed E-state index contributed by atoms with van der Waals surface area (Å²) in [6, 6.07) is 13.8. The first-order chi connectivity index (χ1) is 9.31. The molecule has 2 aromatic rings. The number of rotatable bonds is 4. The molecule has 0 fully saturated rings. The number of benzene rings is 1. The van der Waals surface area contributed by atoms with Gasteiger partial charge in [-0.1, -0.05) is 51.1 Å². The van der Waals surface area contributed by atoms with Crippen molar-refractivity contribution in [1.29, 1.82) is 0 Å². The second-order valence-electron chi connectivity index (χ2n) is 6.64. The van der Waals surface area contributed by atoms with Gasteiger partial charge in [-0.3, -0.25) is 11.3 Å². The van der Waals surface area contributed by atoms with Crippen molar-refractivity contribution in [1.82, 2.24) is 0 Å². The topological polar surface area (TPSA) is 9.23 Å². The predicted octanol–water partition coefficient (Wildman–Crippen LogP) is 2.66. The zero-order valence-electron chi connectivity index (χ0n) is 13.9. The van der Waals surface area contributed by atoms with Gasteiger partial charge in [-0.25, -0.2) is 6.07 Å². The van der Waals surface area contributed by atoms with Crippen LogP contribution < -0.4 is 18.9 Å². The zero-order valence-corrected chi connectivity index (χ0v) is 15.8. The van der Waals surface area contributed by atoms with Crippen LogP contribution in [0.3, 0.4) is 0 Å². The van der Waals surface area contributed by atoms with Gasteiger partial charge in [-0.15, -0.1) is 5.38 Å². The Balaban J connectivity index is 0.00000220. The van der Waals surface area contributed by atoms with Crippen LogP contribution in [0.4, 0.5) is 0 Å². The molecule has 1 nitrogen and oxygen atoms in total. The quantitative estimate of drug-likeness (QED) is 0.623. The van der Waals surface area contributed by atoms with Crippen LogP contribution in [0.1, 0.15) is 38.0 Å². The molecule has 0 N–H and O–H groups in total. The normalized spacial score (nSPS) is 13.6. The zero-order chi connectivity index (χ0) is 14.8. The van der Waals surface area contributed by atoms with Gasteiger partial charge in [0.2, 0.25) is 0 Å². The third kappa shape index (κ3) is 4.58. The van der Waals surface area contributed by atoms with Crippen LogP contribution in [0.2, 0.25) is 18.1 Å². The fourth-order valence-corrected chi connectivity index (χ4v) is 3.61. The number of hydrogen-bond donors (Lipinski definition) is 0. The first-order valence-electron chi connectivity index (χ1n) is 6.98. The molecule has 21 heavy (non-hydrogen) atoms. The average molecular weight is 310 g/mol. The molecule has 1 atom stereocenters. The molecule has 108 valence electrons. The van der Waals surface area contributed by atoms with Crippen LogP contribution >= 0.6 is 11.3 Å². The third-order valence-electron chi connectivity index (χ3n) is 4.09. The second kappa shape index (κ2) is 7.31. The van der Waals surface area contributed by atoms with Gasteiger partial charge in [-0.2, -0.15) is 10.9 Å². The molecule has 1 aromatic carbocycles. The summed E-state index contributed by atoms with van der Waals surface area (Å²) in [6.07, 6.45) is 0.00309. The molecular formula is C17H23LiOSSi. The van der Waals surface area contributed by atoms with Crippen molar-refractivity contribution < 1.29 is 23.3 Å². The molecule has 1 heterocycles. The van der Waals surface area contributed by atoms with E-state index in [2.05, 4.69) is 69.6 Å². The molecule has 0 spiro atoms. The molecule has 0 saturated heterocycles. The van der Waals surface area contributed by atoms with E-state index in [0.29, 0.717) is 0 Å². The van der Waals surface area contributed by atoms with E-state index in [9.17, 15) is 0 Å². The number of thiophene rings is 1. The van der Waals surface area contributed by atoms with Crippen molar-refractivity contribution in [2.24, 2.45) is 0 Å². The van der Waals surface area contributed by atoms with Gasteiger partial charge in [0.1, 0.15) is 0 Å². The Kier molecular flexibility index (Phi) is 6.52. The molecule has 0 aliphatic rings. The van der Waals surface area contributed by atoms with E-state index in [1.807, 2.05) is 11.4 Å². The predicted molar refractivity (Wildman–Crippen MR) is 89.7 cm³/mol.